The Bertz CT molecular complexity index is 615. The van der Waals surface area contributed by atoms with Crippen LogP contribution in [-0.4, -0.2) is 11.1 Å². The standard InChI is InChI=1S/C17H16O3/c1-13(17(18)19)10-15-8-5-9-16(11-15)20-12-14-6-3-2-4-7-14/h2-11H,12H2,1H3,(H,18,19)/b13-10+. The van der Waals surface area contributed by atoms with Gasteiger partial charge in [0.15, 0.2) is 0 Å². The predicted octanol–water partition coefficient (Wildman–Crippen LogP) is 3.75. The van der Waals surface area contributed by atoms with Crippen molar-refractivity contribution < 1.29 is 14.6 Å². The number of aliphatic carboxylic acids is 1. The van der Waals surface area contributed by atoms with E-state index in [1.165, 1.54) is 0 Å². The first kappa shape index (κ1) is 13.9. The molecule has 0 radical (unpaired) electrons. The summed E-state index contributed by atoms with van der Waals surface area (Å²) in [7, 11) is 0. The number of hydrogen-bond acceptors (Lipinski definition) is 2. The fourth-order valence-electron chi connectivity index (χ4n) is 1.75. The lowest BCUT2D eigenvalue weighted by molar-refractivity contribution is -0.132. The molecule has 0 unspecified atom stereocenters. The molecule has 0 atom stereocenters. The smallest absolute Gasteiger partial charge is 0.331 e. The highest BCUT2D eigenvalue weighted by atomic mass is 16.5. The Morgan fingerprint density at radius 1 is 1.15 bits per heavy atom. The maximum atomic E-state index is 10.8. The summed E-state index contributed by atoms with van der Waals surface area (Å²) in [4.78, 5) is 10.8. The van der Waals surface area contributed by atoms with E-state index in [2.05, 4.69) is 0 Å². The molecule has 2 aromatic carbocycles. The highest BCUT2D eigenvalue weighted by Crippen LogP contribution is 2.17. The van der Waals surface area contributed by atoms with Crippen molar-refractivity contribution in [2.24, 2.45) is 0 Å². The number of carboxylic acid groups (broad SMARTS) is 1. The number of benzene rings is 2. The maximum absolute atomic E-state index is 10.8. The molecule has 0 aliphatic rings. The Morgan fingerprint density at radius 2 is 1.90 bits per heavy atom. The molecule has 2 rings (SSSR count). The second kappa shape index (κ2) is 6.57. The van der Waals surface area contributed by atoms with Crippen molar-refractivity contribution in [2.45, 2.75) is 13.5 Å². The number of carbonyl (C=O) groups is 1. The molecular weight excluding hydrogens is 252 g/mol. The van der Waals surface area contributed by atoms with Gasteiger partial charge in [0, 0.05) is 5.57 Å². The quantitative estimate of drug-likeness (QED) is 0.840. The second-order valence-corrected chi connectivity index (χ2v) is 4.48. The van der Waals surface area contributed by atoms with Gasteiger partial charge in [-0.15, -0.1) is 0 Å². The van der Waals surface area contributed by atoms with Crippen LogP contribution >= 0.6 is 0 Å². The van der Waals surface area contributed by atoms with Gasteiger partial charge in [-0.3, -0.25) is 0 Å². The van der Waals surface area contributed by atoms with Crippen LogP contribution in [0, 0.1) is 0 Å². The first-order chi connectivity index (χ1) is 9.65. The minimum absolute atomic E-state index is 0.296. The minimum Gasteiger partial charge on any atom is -0.489 e. The summed E-state index contributed by atoms with van der Waals surface area (Å²) in [5, 5.41) is 8.87. The average molecular weight is 268 g/mol. The summed E-state index contributed by atoms with van der Waals surface area (Å²) in [6.07, 6.45) is 1.62. The van der Waals surface area contributed by atoms with Gasteiger partial charge in [-0.1, -0.05) is 42.5 Å². The van der Waals surface area contributed by atoms with E-state index in [-0.39, 0.29) is 0 Å². The predicted molar refractivity (Wildman–Crippen MR) is 78.5 cm³/mol. The Kier molecular flexibility index (Phi) is 4.56. The summed E-state index contributed by atoms with van der Waals surface area (Å²) in [6.45, 7) is 2.06. The van der Waals surface area contributed by atoms with Gasteiger partial charge in [0.25, 0.3) is 0 Å². The van der Waals surface area contributed by atoms with Crippen LogP contribution in [-0.2, 0) is 11.4 Å². The molecule has 0 bridgehead atoms. The van der Waals surface area contributed by atoms with Crippen molar-refractivity contribution in [2.75, 3.05) is 0 Å². The molecule has 20 heavy (non-hydrogen) atoms. The number of rotatable bonds is 5. The molecule has 0 saturated heterocycles. The average Bonchev–Trinajstić information content (AvgIpc) is 2.46. The van der Waals surface area contributed by atoms with Gasteiger partial charge in [-0.05, 0) is 36.3 Å². The summed E-state index contributed by atoms with van der Waals surface area (Å²) in [5.41, 5.74) is 2.20. The van der Waals surface area contributed by atoms with E-state index in [0.29, 0.717) is 12.2 Å². The largest absolute Gasteiger partial charge is 0.489 e. The molecule has 0 spiro atoms. The lowest BCUT2D eigenvalue weighted by Crippen LogP contribution is -1.96. The minimum atomic E-state index is -0.916. The molecule has 1 N–H and O–H groups in total. The highest BCUT2D eigenvalue weighted by Gasteiger charge is 2.01. The molecular formula is C17H16O3. The van der Waals surface area contributed by atoms with E-state index in [1.54, 1.807) is 13.0 Å². The van der Waals surface area contributed by atoms with E-state index in [9.17, 15) is 4.79 Å². The zero-order chi connectivity index (χ0) is 14.4. The molecule has 0 heterocycles. The highest BCUT2D eigenvalue weighted by molar-refractivity contribution is 5.91. The SMILES string of the molecule is C/C(=C\c1cccc(OCc2ccccc2)c1)C(=O)O. The molecule has 0 aromatic heterocycles. The summed E-state index contributed by atoms with van der Waals surface area (Å²) in [6, 6.07) is 17.3. The van der Waals surface area contributed by atoms with Crippen LogP contribution in [0.2, 0.25) is 0 Å². The van der Waals surface area contributed by atoms with Crippen LogP contribution in [0.4, 0.5) is 0 Å². The Labute approximate surface area is 118 Å². The molecule has 102 valence electrons. The molecule has 2 aromatic rings. The van der Waals surface area contributed by atoms with Crippen LogP contribution in [0.1, 0.15) is 18.1 Å². The molecule has 0 fully saturated rings. The van der Waals surface area contributed by atoms with Crippen LogP contribution < -0.4 is 4.74 Å². The van der Waals surface area contributed by atoms with Gasteiger partial charge in [0.1, 0.15) is 12.4 Å². The van der Waals surface area contributed by atoms with Crippen molar-refractivity contribution in [3.63, 3.8) is 0 Å². The van der Waals surface area contributed by atoms with Crippen molar-refractivity contribution in [1.82, 2.24) is 0 Å². The van der Waals surface area contributed by atoms with Crippen molar-refractivity contribution in [1.29, 1.82) is 0 Å². The third-order valence-corrected chi connectivity index (χ3v) is 2.83. The second-order valence-electron chi connectivity index (χ2n) is 4.48. The van der Waals surface area contributed by atoms with Crippen molar-refractivity contribution in [3.8, 4) is 5.75 Å². The molecule has 0 aliphatic heterocycles. The van der Waals surface area contributed by atoms with E-state index >= 15 is 0 Å². The first-order valence-electron chi connectivity index (χ1n) is 6.33. The zero-order valence-corrected chi connectivity index (χ0v) is 11.2. The lowest BCUT2D eigenvalue weighted by Gasteiger charge is -2.07. The number of carboxylic acids is 1. The van der Waals surface area contributed by atoms with Gasteiger partial charge in [0.2, 0.25) is 0 Å². The van der Waals surface area contributed by atoms with Crippen LogP contribution in [0.15, 0.2) is 60.2 Å². The van der Waals surface area contributed by atoms with E-state index < -0.39 is 5.97 Å². The zero-order valence-electron chi connectivity index (χ0n) is 11.2. The normalized spacial score (nSPS) is 11.2. The van der Waals surface area contributed by atoms with Crippen LogP contribution in [0.3, 0.4) is 0 Å². The van der Waals surface area contributed by atoms with Gasteiger partial charge < -0.3 is 9.84 Å². The molecule has 0 amide bonds. The Hall–Kier alpha value is -2.55. The van der Waals surface area contributed by atoms with Crippen LogP contribution in [0.5, 0.6) is 5.75 Å². The third-order valence-electron chi connectivity index (χ3n) is 2.83. The topological polar surface area (TPSA) is 46.5 Å². The molecule has 0 aliphatic carbocycles. The van der Waals surface area contributed by atoms with Gasteiger partial charge >= 0.3 is 5.97 Å². The number of ether oxygens (including phenoxy) is 1. The number of hydrogen-bond donors (Lipinski definition) is 1. The lowest BCUT2D eigenvalue weighted by atomic mass is 10.1. The monoisotopic (exact) mass is 268 g/mol. The summed E-state index contributed by atoms with van der Waals surface area (Å²) >= 11 is 0. The maximum Gasteiger partial charge on any atom is 0.331 e. The van der Waals surface area contributed by atoms with E-state index in [0.717, 1.165) is 16.9 Å². The van der Waals surface area contributed by atoms with Gasteiger partial charge in [-0.25, -0.2) is 4.79 Å². The molecule has 0 saturated carbocycles. The molecule has 3 heteroatoms. The van der Waals surface area contributed by atoms with Crippen molar-refractivity contribution >= 4 is 12.0 Å². The molecule has 3 nitrogen and oxygen atoms in total. The van der Waals surface area contributed by atoms with E-state index in [1.807, 2.05) is 54.6 Å². The van der Waals surface area contributed by atoms with Crippen molar-refractivity contribution in [3.05, 3.63) is 71.3 Å². The Morgan fingerprint density at radius 3 is 2.60 bits per heavy atom. The van der Waals surface area contributed by atoms with Gasteiger partial charge in [0.05, 0.1) is 0 Å². The third kappa shape index (κ3) is 3.99. The Balaban J connectivity index is 2.07. The summed E-state index contributed by atoms with van der Waals surface area (Å²) < 4.78 is 5.70. The van der Waals surface area contributed by atoms with Crippen LogP contribution in [0.25, 0.3) is 6.08 Å². The van der Waals surface area contributed by atoms with E-state index in [4.69, 9.17) is 9.84 Å². The first-order valence-corrected chi connectivity index (χ1v) is 6.33. The van der Waals surface area contributed by atoms with Gasteiger partial charge in [-0.2, -0.15) is 0 Å². The fourth-order valence-corrected chi connectivity index (χ4v) is 1.75. The fraction of sp³-hybridized carbons (Fsp3) is 0.118. The summed E-state index contributed by atoms with van der Waals surface area (Å²) in [5.74, 6) is -0.193.